The van der Waals surface area contributed by atoms with Gasteiger partial charge in [-0.3, -0.25) is 0 Å². The molecule has 2 rings (SSSR count). The van der Waals surface area contributed by atoms with Gasteiger partial charge in [-0.1, -0.05) is 6.92 Å². The molecule has 1 aromatic carbocycles. The van der Waals surface area contributed by atoms with Gasteiger partial charge in [0.1, 0.15) is 5.75 Å². The maximum Gasteiger partial charge on any atom is 0.335 e. The lowest BCUT2D eigenvalue weighted by Crippen LogP contribution is -2.02. The summed E-state index contributed by atoms with van der Waals surface area (Å²) < 4.78 is 5.69. The maximum atomic E-state index is 10.8. The minimum atomic E-state index is -0.886. The normalized spacial score (nSPS) is 15.0. The molecule has 0 unspecified atom stereocenters. The van der Waals surface area contributed by atoms with Crippen molar-refractivity contribution in [3.05, 3.63) is 29.3 Å². The summed E-state index contributed by atoms with van der Waals surface area (Å²) in [4.78, 5) is 10.8. The van der Waals surface area contributed by atoms with E-state index < -0.39 is 5.97 Å². The van der Waals surface area contributed by atoms with Crippen LogP contribution in [0.2, 0.25) is 0 Å². The average Bonchev–Trinajstić information content (AvgIpc) is 3.02. The number of aryl methyl sites for hydroxylation is 1. The van der Waals surface area contributed by atoms with E-state index in [1.165, 1.54) is 0 Å². The highest BCUT2D eigenvalue weighted by atomic mass is 16.5. The van der Waals surface area contributed by atoms with Gasteiger partial charge in [-0.25, -0.2) is 4.79 Å². The molecule has 1 fully saturated rings. The summed E-state index contributed by atoms with van der Waals surface area (Å²) in [6.07, 6.45) is 3.38. The fourth-order valence-electron chi connectivity index (χ4n) is 1.47. The van der Waals surface area contributed by atoms with Crippen molar-refractivity contribution in [2.45, 2.75) is 32.3 Å². The van der Waals surface area contributed by atoms with Gasteiger partial charge in [0.15, 0.2) is 0 Å². The van der Waals surface area contributed by atoms with Crippen LogP contribution in [-0.4, -0.2) is 17.2 Å². The van der Waals surface area contributed by atoms with E-state index >= 15 is 0 Å². The number of aromatic carboxylic acids is 1. The molecule has 0 bridgehead atoms. The van der Waals surface area contributed by atoms with Gasteiger partial charge < -0.3 is 9.84 Å². The Kier molecular flexibility index (Phi) is 2.62. The van der Waals surface area contributed by atoms with Crippen molar-refractivity contribution >= 4 is 5.97 Å². The van der Waals surface area contributed by atoms with E-state index in [1.54, 1.807) is 18.2 Å². The van der Waals surface area contributed by atoms with Crippen molar-refractivity contribution in [2.75, 3.05) is 0 Å². The number of carbonyl (C=O) groups is 1. The lowest BCUT2D eigenvalue weighted by molar-refractivity contribution is 0.0696. The summed E-state index contributed by atoms with van der Waals surface area (Å²) >= 11 is 0. The molecule has 1 N–H and O–H groups in total. The van der Waals surface area contributed by atoms with E-state index in [1.807, 2.05) is 6.92 Å². The fourth-order valence-corrected chi connectivity index (χ4v) is 1.47. The van der Waals surface area contributed by atoms with E-state index in [0.29, 0.717) is 11.7 Å². The average molecular weight is 206 g/mol. The molecule has 1 aliphatic carbocycles. The summed E-state index contributed by atoms with van der Waals surface area (Å²) in [6, 6.07) is 5.06. The lowest BCUT2D eigenvalue weighted by atomic mass is 10.1. The van der Waals surface area contributed by atoms with Gasteiger partial charge in [0.05, 0.1) is 11.7 Å². The van der Waals surface area contributed by atoms with Crippen LogP contribution in [0.25, 0.3) is 0 Å². The molecule has 3 heteroatoms. The molecule has 15 heavy (non-hydrogen) atoms. The van der Waals surface area contributed by atoms with Gasteiger partial charge >= 0.3 is 5.97 Å². The van der Waals surface area contributed by atoms with Crippen LogP contribution in [0.5, 0.6) is 5.75 Å². The van der Waals surface area contributed by atoms with Crippen LogP contribution in [0, 0.1) is 0 Å². The standard InChI is InChI=1S/C12H14O3/c1-2-8-7-9(12(13)14)3-6-11(8)15-10-4-5-10/h3,6-7,10H,2,4-5H2,1H3,(H,13,14). The maximum absolute atomic E-state index is 10.8. The molecule has 1 aromatic rings. The smallest absolute Gasteiger partial charge is 0.335 e. The highest BCUT2D eigenvalue weighted by Crippen LogP contribution is 2.29. The van der Waals surface area contributed by atoms with Crippen molar-refractivity contribution in [1.29, 1.82) is 0 Å². The van der Waals surface area contributed by atoms with E-state index in [4.69, 9.17) is 9.84 Å². The number of ether oxygens (including phenoxy) is 1. The summed E-state index contributed by atoms with van der Waals surface area (Å²) in [6.45, 7) is 2.00. The molecule has 0 aliphatic heterocycles. The van der Waals surface area contributed by atoms with Gasteiger partial charge in [0.25, 0.3) is 0 Å². The largest absolute Gasteiger partial charge is 0.490 e. The van der Waals surface area contributed by atoms with Crippen LogP contribution in [0.1, 0.15) is 35.7 Å². The van der Waals surface area contributed by atoms with Gasteiger partial charge in [-0.2, -0.15) is 0 Å². The van der Waals surface area contributed by atoms with Gasteiger partial charge in [0.2, 0.25) is 0 Å². The second-order valence-electron chi connectivity index (χ2n) is 3.80. The molecule has 0 heterocycles. The number of carboxylic acid groups (broad SMARTS) is 1. The Hall–Kier alpha value is -1.51. The van der Waals surface area contributed by atoms with E-state index in [9.17, 15) is 4.79 Å². The molecule has 0 saturated heterocycles. The predicted molar refractivity (Wildman–Crippen MR) is 56.4 cm³/mol. The van der Waals surface area contributed by atoms with E-state index in [2.05, 4.69) is 0 Å². The molecule has 80 valence electrons. The zero-order valence-electron chi connectivity index (χ0n) is 8.69. The Labute approximate surface area is 88.7 Å². The molecular weight excluding hydrogens is 192 g/mol. The number of hydrogen-bond donors (Lipinski definition) is 1. The minimum absolute atomic E-state index is 0.329. The third kappa shape index (κ3) is 2.29. The molecule has 0 aromatic heterocycles. The first-order chi connectivity index (χ1) is 7.20. The quantitative estimate of drug-likeness (QED) is 0.823. The Morgan fingerprint density at radius 2 is 2.27 bits per heavy atom. The summed E-state index contributed by atoms with van der Waals surface area (Å²) in [5, 5.41) is 8.85. The third-order valence-electron chi connectivity index (χ3n) is 2.51. The minimum Gasteiger partial charge on any atom is -0.490 e. The summed E-state index contributed by atoms with van der Waals surface area (Å²) in [5.41, 5.74) is 1.30. The van der Waals surface area contributed by atoms with Crippen LogP contribution in [0.15, 0.2) is 18.2 Å². The first kappa shape index (κ1) is 10.0. The van der Waals surface area contributed by atoms with Gasteiger partial charge in [0, 0.05) is 0 Å². The Morgan fingerprint density at radius 1 is 1.53 bits per heavy atom. The first-order valence-corrected chi connectivity index (χ1v) is 5.23. The summed E-state index contributed by atoms with van der Waals surface area (Å²) in [5.74, 6) is -0.0485. The highest BCUT2D eigenvalue weighted by Gasteiger charge is 2.24. The van der Waals surface area contributed by atoms with E-state index in [0.717, 1.165) is 30.6 Å². The molecular formula is C12H14O3. The highest BCUT2D eigenvalue weighted by molar-refractivity contribution is 5.88. The van der Waals surface area contributed by atoms with Crippen molar-refractivity contribution in [2.24, 2.45) is 0 Å². The molecule has 3 nitrogen and oxygen atoms in total. The zero-order chi connectivity index (χ0) is 10.8. The monoisotopic (exact) mass is 206 g/mol. The number of carboxylic acids is 1. The van der Waals surface area contributed by atoms with Crippen LogP contribution in [0.4, 0.5) is 0 Å². The second-order valence-corrected chi connectivity index (χ2v) is 3.80. The Balaban J connectivity index is 2.25. The molecule has 0 spiro atoms. The van der Waals surface area contributed by atoms with Gasteiger partial charge in [-0.15, -0.1) is 0 Å². The number of benzene rings is 1. The zero-order valence-corrected chi connectivity index (χ0v) is 8.69. The van der Waals surface area contributed by atoms with Crippen molar-refractivity contribution in [3.63, 3.8) is 0 Å². The SMILES string of the molecule is CCc1cc(C(=O)O)ccc1OC1CC1. The fraction of sp³-hybridized carbons (Fsp3) is 0.417. The second kappa shape index (κ2) is 3.93. The van der Waals surface area contributed by atoms with Crippen molar-refractivity contribution in [3.8, 4) is 5.75 Å². The Morgan fingerprint density at radius 3 is 2.80 bits per heavy atom. The third-order valence-corrected chi connectivity index (χ3v) is 2.51. The molecule has 0 atom stereocenters. The van der Waals surface area contributed by atoms with Crippen molar-refractivity contribution < 1.29 is 14.6 Å². The molecule has 1 saturated carbocycles. The van der Waals surface area contributed by atoms with E-state index in [-0.39, 0.29) is 0 Å². The van der Waals surface area contributed by atoms with Crippen LogP contribution in [0.3, 0.4) is 0 Å². The van der Waals surface area contributed by atoms with Crippen LogP contribution in [-0.2, 0) is 6.42 Å². The van der Waals surface area contributed by atoms with Gasteiger partial charge in [-0.05, 0) is 43.0 Å². The lowest BCUT2D eigenvalue weighted by Gasteiger charge is -2.10. The van der Waals surface area contributed by atoms with Crippen LogP contribution >= 0.6 is 0 Å². The first-order valence-electron chi connectivity index (χ1n) is 5.23. The topological polar surface area (TPSA) is 46.5 Å². The Bertz CT molecular complexity index is 380. The number of rotatable bonds is 4. The summed E-state index contributed by atoms with van der Waals surface area (Å²) in [7, 11) is 0. The predicted octanol–water partition coefficient (Wildman–Crippen LogP) is 2.49. The van der Waals surface area contributed by atoms with Crippen LogP contribution < -0.4 is 4.74 Å². The van der Waals surface area contributed by atoms with Crippen molar-refractivity contribution in [1.82, 2.24) is 0 Å². The number of hydrogen-bond acceptors (Lipinski definition) is 2. The molecule has 1 aliphatic rings. The molecule has 0 radical (unpaired) electrons. The molecule has 0 amide bonds.